The minimum absolute atomic E-state index is 0.399. The molecule has 0 heterocycles. The first-order valence-electron chi connectivity index (χ1n) is 3.48. The first-order valence-corrected chi connectivity index (χ1v) is 5.01. The summed E-state index contributed by atoms with van der Waals surface area (Å²) in [4.78, 5) is 16.8. The highest BCUT2D eigenvalue weighted by atomic mass is 31.2. The molecule has 0 fully saturated rings. The quantitative estimate of drug-likeness (QED) is 0.492. The molecule has 0 aromatic heterocycles. The second kappa shape index (κ2) is 3.50. The Balaban J connectivity index is 2.43. The number of allylic oxidation sites excluding steroid dienone is 1. The number of rotatable bonds is 2. The molecule has 11 heavy (non-hydrogen) atoms. The Kier molecular flexibility index (Phi) is 2.84. The van der Waals surface area contributed by atoms with Crippen LogP contribution in [0.5, 0.6) is 0 Å². The third kappa shape index (κ3) is 3.68. The standard InChI is InChI=1S/C6H11O4P/c7-11(8,9)10-6-4-2-1-3-5-6/h2,4,6H,1,3,5H2,(H2,7,8,9). The Morgan fingerprint density at radius 1 is 1.55 bits per heavy atom. The molecular formula is C6H11O4P. The molecule has 0 aliphatic heterocycles. The molecule has 5 heteroatoms. The number of phosphoric acid groups is 1. The van der Waals surface area contributed by atoms with Crippen LogP contribution in [0.2, 0.25) is 0 Å². The molecule has 4 nitrogen and oxygen atoms in total. The third-order valence-electron chi connectivity index (χ3n) is 1.48. The maximum absolute atomic E-state index is 10.3. The minimum atomic E-state index is -4.29. The fraction of sp³-hybridized carbons (Fsp3) is 0.667. The van der Waals surface area contributed by atoms with E-state index in [1.165, 1.54) is 0 Å². The Morgan fingerprint density at radius 2 is 2.27 bits per heavy atom. The van der Waals surface area contributed by atoms with Crippen LogP contribution in [-0.2, 0) is 9.09 Å². The Hall–Kier alpha value is -0.150. The Bertz CT molecular complexity index is 195. The van der Waals surface area contributed by atoms with Gasteiger partial charge in [0.25, 0.3) is 0 Å². The summed E-state index contributed by atoms with van der Waals surface area (Å²) in [6.45, 7) is 0. The van der Waals surface area contributed by atoms with E-state index < -0.39 is 13.9 Å². The van der Waals surface area contributed by atoms with E-state index >= 15 is 0 Å². The topological polar surface area (TPSA) is 66.8 Å². The molecule has 2 N–H and O–H groups in total. The molecule has 64 valence electrons. The van der Waals surface area contributed by atoms with Gasteiger partial charge >= 0.3 is 7.82 Å². The molecule has 0 amide bonds. The first kappa shape index (κ1) is 8.94. The lowest BCUT2D eigenvalue weighted by Crippen LogP contribution is -2.10. The van der Waals surface area contributed by atoms with E-state index in [9.17, 15) is 4.57 Å². The van der Waals surface area contributed by atoms with Crippen LogP contribution in [0.25, 0.3) is 0 Å². The second-order valence-corrected chi connectivity index (χ2v) is 3.69. The number of hydrogen-bond donors (Lipinski definition) is 2. The Labute approximate surface area is 65.1 Å². The van der Waals surface area contributed by atoms with Crippen LogP contribution in [0, 0.1) is 0 Å². The molecule has 0 bridgehead atoms. The number of phosphoric ester groups is 1. The summed E-state index contributed by atoms with van der Waals surface area (Å²) in [5, 5.41) is 0. The second-order valence-electron chi connectivity index (χ2n) is 2.49. The smallest absolute Gasteiger partial charge is 0.303 e. The fourth-order valence-electron chi connectivity index (χ4n) is 1.05. The highest BCUT2D eigenvalue weighted by Crippen LogP contribution is 2.39. The maximum Gasteiger partial charge on any atom is 0.470 e. The highest BCUT2D eigenvalue weighted by Gasteiger charge is 2.20. The summed E-state index contributed by atoms with van der Waals surface area (Å²) in [5.41, 5.74) is 0. The molecule has 1 aliphatic carbocycles. The lowest BCUT2D eigenvalue weighted by molar-refractivity contribution is 0.151. The SMILES string of the molecule is O=P(O)(O)OC1C=CCCC1. The van der Waals surface area contributed by atoms with Gasteiger partial charge in [0, 0.05) is 0 Å². The van der Waals surface area contributed by atoms with E-state index in [1.54, 1.807) is 6.08 Å². The van der Waals surface area contributed by atoms with Crippen LogP contribution >= 0.6 is 7.82 Å². The van der Waals surface area contributed by atoms with Crippen LogP contribution < -0.4 is 0 Å². The molecule has 1 atom stereocenters. The zero-order chi connectivity index (χ0) is 8.32. The van der Waals surface area contributed by atoms with Crippen molar-refractivity contribution in [1.82, 2.24) is 0 Å². The first-order chi connectivity index (χ1) is 5.08. The van der Waals surface area contributed by atoms with Crippen molar-refractivity contribution in [2.75, 3.05) is 0 Å². The van der Waals surface area contributed by atoms with Crippen molar-refractivity contribution < 1.29 is 18.9 Å². The summed E-state index contributed by atoms with van der Waals surface area (Å²) in [6.07, 6.45) is 5.78. The van der Waals surface area contributed by atoms with Gasteiger partial charge in [-0.3, -0.25) is 4.52 Å². The van der Waals surface area contributed by atoms with E-state index in [0.717, 1.165) is 12.8 Å². The summed E-state index contributed by atoms with van der Waals surface area (Å²) < 4.78 is 14.8. The van der Waals surface area contributed by atoms with Crippen molar-refractivity contribution in [1.29, 1.82) is 0 Å². The number of hydrogen-bond acceptors (Lipinski definition) is 2. The molecule has 0 saturated carbocycles. The lowest BCUT2D eigenvalue weighted by atomic mass is 10.1. The van der Waals surface area contributed by atoms with Crippen LogP contribution in [0.3, 0.4) is 0 Å². The largest absolute Gasteiger partial charge is 0.470 e. The predicted octanol–water partition coefficient (Wildman–Crippen LogP) is 1.20. The van der Waals surface area contributed by atoms with Gasteiger partial charge in [-0.2, -0.15) is 0 Å². The van der Waals surface area contributed by atoms with Crippen molar-refractivity contribution in [2.45, 2.75) is 25.4 Å². The van der Waals surface area contributed by atoms with Crippen molar-refractivity contribution in [3.8, 4) is 0 Å². The fourth-order valence-corrected chi connectivity index (χ4v) is 1.57. The van der Waals surface area contributed by atoms with Gasteiger partial charge in [-0.15, -0.1) is 0 Å². The summed E-state index contributed by atoms with van der Waals surface area (Å²) in [7, 11) is -4.29. The molecule has 0 aromatic rings. The van der Waals surface area contributed by atoms with Crippen molar-refractivity contribution in [3.05, 3.63) is 12.2 Å². The summed E-state index contributed by atoms with van der Waals surface area (Å²) >= 11 is 0. The van der Waals surface area contributed by atoms with E-state index in [4.69, 9.17) is 9.79 Å². The Morgan fingerprint density at radius 3 is 2.73 bits per heavy atom. The predicted molar refractivity (Wildman–Crippen MR) is 39.9 cm³/mol. The zero-order valence-electron chi connectivity index (χ0n) is 6.01. The molecule has 1 unspecified atom stereocenters. The van der Waals surface area contributed by atoms with E-state index in [0.29, 0.717) is 6.42 Å². The van der Waals surface area contributed by atoms with Crippen LogP contribution in [-0.4, -0.2) is 15.9 Å². The van der Waals surface area contributed by atoms with Crippen molar-refractivity contribution >= 4 is 7.82 Å². The zero-order valence-corrected chi connectivity index (χ0v) is 6.91. The van der Waals surface area contributed by atoms with Crippen molar-refractivity contribution in [3.63, 3.8) is 0 Å². The molecule has 0 radical (unpaired) electrons. The van der Waals surface area contributed by atoms with Gasteiger partial charge in [0.15, 0.2) is 0 Å². The van der Waals surface area contributed by atoms with Gasteiger partial charge in [0.2, 0.25) is 0 Å². The van der Waals surface area contributed by atoms with Crippen LogP contribution in [0.4, 0.5) is 0 Å². The summed E-state index contributed by atoms with van der Waals surface area (Å²) in [5.74, 6) is 0. The van der Waals surface area contributed by atoms with Gasteiger partial charge in [-0.1, -0.05) is 12.2 Å². The lowest BCUT2D eigenvalue weighted by Gasteiger charge is -2.16. The molecule has 1 rings (SSSR count). The van der Waals surface area contributed by atoms with Crippen LogP contribution in [0.15, 0.2) is 12.2 Å². The van der Waals surface area contributed by atoms with Crippen LogP contribution in [0.1, 0.15) is 19.3 Å². The average molecular weight is 178 g/mol. The van der Waals surface area contributed by atoms with Crippen molar-refractivity contribution in [2.24, 2.45) is 0 Å². The normalized spacial score (nSPS) is 25.5. The average Bonchev–Trinajstić information content (AvgIpc) is 1.85. The molecule has 0 aromatic carbocycles. The maximum atomic E-state index is 10.3. The molecule has 0 spiro atoms. The van der Waals surface area contributed by atoms with Gasteiger partial charge in [0.1, 0.15) is 0 Å². The van der Waals surface area contributed by atoms with Gasteiger partial charge in [0.05, 0.1) is 6.10 Å². The molecule has 0 saturated heterocycles. The molecule has 1 aliphatic rings. The van der Waals surface area contributed by atoms with E-state index in [-0.39, 0.29) is 0 Å². The van der Waals surface area contributed by atoms with E-state index in [1.807, 2.05) is 6.08 Å². The third-order valence-corrected chi connectivity index (χ3v) is 2.03. The highest BCUT2D eigenvalue weighted by molar-refractivity contribution is 7.46. The molecular weight excluding hydrogens is 167 g/mol. The minimum Gasteiger partial charge on any atom is -0.303 e. The van der Waals surface area contributed by atoms with Gasteiger partial charge in [-0.05, 0) is 19.3 Å². The van der Waals surface area contributed by atoms with E-state index in [2.05, 4.69) is 4.52 Å². The summed E-state index contributed by atoms with van der Waals surface area (Å²) in [6, 6.07) is 0. The van der Waals surface area contributed by atoms with Gasteiger partial charge < -0.3 is 9.79 Å². The van der Waals surface area contributed by atoms with Gasteiger partial charge in [-0.25, -0.2) is 4.57 Å². The monoisotopic (exact) mass is 178 g/mol.